The molecular weight excluding hydrogens is 393 g/mol. The van der Waals surface area contributed by atoms with Crippen LogP contribution in [0.25, 0.3) is 0 Å². The maximum atomic E-state index is 6.52. The van der Waals surface area contributed by atoms with Crippen LogP contribution in [0, 0.1) is 0 Å². The van der Waals surface area contributed by atoms with E-state index in [9.17, 15) is 0 Å². The van der Waals surface area contributed by atoms with Gasteiger partial charge in [-0.25, -0.2) is 4.98 Å². The molecule has 2 atom stereocenters. The Morgan fingerprint density at radius 2 is 2.11 bits per heavy atom. The molecular formula is C22H31Cl2N3O. The van der Waals surface area contributed by atoms with Crippen molar-refractivity contribution in [3.05, 3.63) is 45.6 Å². The molecule has 1 aromatic rings. The Balaban J connectivity index is 1.65. The Morgan fingerprint density at radius 1 is 1.32 bits per heavy atom. The van der Waals surface area contributed by atoms with Gasteiger partial charge in [-0.1, -0.05) is 48.3 Å². The van der Waals surface area contributed by atoms with Crippen LogP contribution in [0.4, 0.5) is 5.82 Å². The van der Waals surface area contributed by atoms with E-state index >= 15 is 0 Å². The van der Waals surface area contributed by atoms with E-state index < -0.39 is 0 Å². The number of hydrogen-bond acceptors (Lipinski definition) is 4. The van der Waals surface area contributed by atoms with Crippen molar-refractivity contribution in [1.82, 2.24) is 10.3 Å². The molecule has 1 aromatic heterocycles. The predicted molar refractivity (Wildman–Crippen MR) is 118 cm³/mol. The second-order valence-electron chi connectivity index (χ2n) is 7.43. The maximum absolute atomic E-state index is 6.52. The minimum Gasteiger partial charge on any atom is -0.363 e. The van der Waals surface area contributed by atoms with E-state index in [0.29, 0.717) is 10.1 Å². The minimum atomic E-state index is -0.232. The zero-order valence-corrected chi connectivity index (χ0v) is 18.4. The number of piperazine rings is 1. The number of aromatic nitrogens is 1. The van der Waals surface area contributed by atoms with Crippen LogP contribution < -0.4 is 10.2 Å². The third-order valence-electron chi connectivity index (χ3n) is 5.34. The number of halogens is 2. The van der Waals surface area contributed by atoms with Gasteiger partial charge in [0.1, 0.15) is 11.9 Å². The van der Waals surface area contributed by atoms with Gasteiger partial charge in [0.25, 0.3) is 0 Å². The average molecular weight is 424 g/mol. The van der Waals surface area contributed by atoms with Gasteiger partial charge < -0.3 is 15.0 Å². The first-order valence-corrected chi connectivity index (χ1v) is 11.2. The number of hydrogen-bond donors (Lipinski definition) is 1. The second-order valence-corrected chi connectivity index (χ2v) is 8.29. The zero-order chi connectivity index (χ0) is 19.9. The molecule has 2 aliphatic rings. The van der Waals surface area contributed by atoms with Gasteiger partial charge in [-0.15, -0.1) is 0 Å². The van der Waals surface area contributed by atoms with E-state index in [4.69, 9.17) is 32.9 Å². The fourth-order valence-corrected chi connectivity index (χ4v) is 4.16. The van der Waals surface area contributed by atoms with Crippen molar-refractivity contribution in [2.75, 3.05) is 31.1 Å². The van der Waals surface area contributed by atoms with E-state index in [-0.39, 0.29) is 12.2 Å². The van der Waals surface area contributed by atoms with Crippen LogP contribution in [0.5, 0.6) is 0 Å². The highest BCUT2D eigenvalue weighted by Gasteiger charge is 2.28. The van der Waals surface area contributed by atoms with Crippen LogP contribution in [0.3, 0.4) is 0 Å². The summed E-state index contributed by atoms with van der Waals surface area (Å²) in [6, 6.07) is 4.35. The topological polar surface area (TPSA) is 37.4 Å². The van der Waals surface area contributed by atoms with E-state index in [1.54, 1.807) is 0 Å². The first kappa shape index (κ1) is 21.6. The van der Waals surface area contributed by atoms with Crippen molar-refractivity contribution in [3.63, 3.8) is 0 Å². The van der Waals surface area contributed by atoms with Gasteiger partial charge >= 0.3 is 0 Å². The van der Waals surface area contributed by atoms with Gasteiger partial charge in [0, 0.05) is 31.2 Å². The van der Waals surface area contributed by atoms with Gasteiger partial charge in [0.15, 0.2) is 0 Å². The van der Waals surface area contributed by atoms with Crippen molar-refractivity contribution in [2.45, 2.75) is 58.2 Å². The van der Waals surface area contributed by atoms with Crippen LogP contribution in [-0.2, 0) is 11.2 Å². The monoisotopic (exact) mass is 423 g/mol. The number of rotatable bonds is 8. The zero-order valence-electron chi connectivity index (χ0n) is 16.9. The van der Waals surface area contributed by atoms with Crippen molar-refractivity contribution in [3.8, 4) is 0 Å². The normalized spacial score (nSPS) is 21.7. The van der Waals surface area contributed by atoms with Gasteiger partial charge in [0.2, 0.25) is 0 Å². The summed E-state index contributed by atoms with van der Waals surface area (Å²) in [5.41, 5.74) is 2.35. The summed E-state index contributed by atoms with van der Waals surface area (Å²) in [5.74, 6) is 1.05. The SMILES string of the molecule is CC/C=C\CC/C(Cl)=C(/Cl)C(C)OC1CCc2ccc(N3CCNCC3)nc21. The molecule has 0 spiro atoms. The summed E-state index contributed by atoms with van der Waals surface area (Å²) in [4.78, 5) is 7.29. The van der Waals surface area contributed by atoms with Gasteiger partial charge in [-0.05, 0) is 50.7 Å². The Morgan fingerprint density at radius 3 is 2.86 bits per heavy atom. The third-order valence-corrected chi connectivity index (χ3v) is 6.36. The lowest BCUT2D eigenvalue weighted by molar-refractivity contribution is 0.0181. The molecule has 154 valence electrons. The highest BCUT2D eigenvalue weighted by molar-refractivity contribution is 6.39. The second kappa shape index (κ2) is 10.6. The van der Waals surface area contributed by atoms with Crippen molar-refractivity contribution >= 4 is 29.0 Å². The molecule has 0 bridgehead atoms. The Bertz CT molecular complexity index is 714. The largest absolute Gasteiger partial charge is 0.363 e. The molecule has 1 fully saturated rings. The molecule has 0 amide bonds. The quantitative estimate of drug-likeness (QED) is 0.574. The smallest absolute Gasteiger partial charge is 0.129 e. The van der Waals surface area contributed by atoms with Gasteiger partial charge in [-0.2, -0.15) is 0 Å². The van der Waals surface area contributed by atoms with Crippen LogP contribution in [-0.4, -0.2) is 37.3 Å². The predicted octanol–water partition coefficient (Wildman–Crippen LogP) is 5.32. The molecule has 3 rings (SSSR count). The molecule has 1 N–H and O–H groups in total. The number of aryl methyl sites for hydroxylation is 1. The molecule has 2 unspecified atom stereocenters. The minimum absolute atomic E-state index is 0.0222. The maximum Gasteiger partial charge on any atom is 0.129 e. The number of allylic oxidation sites excluding steroid dienone is 3. The third kappa shape index (κ3) is 5.50. The molecule has 0 aromatic carbocycles. The number of pyridine rings is 1. The molecule has 1 saturated heterocycles. The van der Waals surface area contributed by atoms with Crippen LogP contribution in [0.15, 0.2) is 34.3 Å². The molecule has 2 heterocycles. The molecule has 1 aliphatic heterocycles. The number of ether oxygens (including phenoxy) is 1. The Hall–Kier alpha value is -1.07. The Labute approximate surface area is 178 Å². The van der Waals surface area contributed by atoms with Crippen molar-refractivity contribution in [1.29, 1.82) is 0 Å². The number of nitrogens with zero attached hydrogens (tertiary/aromatic N) is 2. The summed E-state index contributed by atoms with van der Waals surface area (Å²) < 4.78 is 6.30. The standard InChI is InChI=1S/C22H31Cl2N3O/c1-3-4-5-6-7-18(23)21(24)16(2)28-19-10-8-17-9-11-20(26-22(17)19)27-14-12-25-13-15-27/h4-5,9,11,16,19,25H,3,6-8,10,12-15H2,1-2H3/b5-4-,21-18-. The summed E-state index contributed by atoms with van der Waals surface area (Å²) in [6.45, 7) is 8.08. The molecule has 4 nitrogen and oxygen atoms in total. The van der Waals surface area contributed by atoms with Crippen molar-refractivity contribution < 1.29 is 4.74 Å². The van der Waals surface area contributed by atoms with E-state index in [0.717, 1.165) is 69.8 Å². The molecule has 0 saturated carbocycles. The number of nitrogens with one attached hydrogen (secondary N) is 1. The van der Waals surface area contributed by atoms with Gasteiger partial charge in [-0.3, -0.25) is 0 Å². The van der Waals surface area contributed by atoms with E-state index in [1.807, 2.05) is 6.92 Å². The lowest BCUT2D eigenvalue weighted by Crippen LogP contribution is -2.44. The molecule has 0 radical (unpaired) electrons. The summed E-state index contributed by atoms with van der Waals surface area (Å²) in [7, 11) is 0. The summed E-state index contributed by atoms with van der Waals surface area (Å²) in [5, 5.41) is 4.69. The van der Waals surface area contributed by atoms with Gasteiger partial charge in [0.05, 0.1) is 16.8 Å². The lowest BCUT2D eigenvalue weighted by atomic mass is 10.2. The van der Waals surface area contributed by atoms with Crippen LogP contribution >= 0.6 is 23.2 Å². The Kier molecular flexibility index (Phi) is 8.22. The molecule has 6 heteroatoms. The average Bonchev–Trinajstić information content (AvgIpc) is 3.13. The first-order chi connectivity index (χ1) is 13.6. The van der Waals surface area contributed by atoms with Crippen molar-refractivity contribution in [2.24, 2.45) is 0 Å². The summed E-state index contributed by atoms with van der Waals surface area (Å²) >= 11 is 12.9. The molecule has 1 aliphatic carbocycles. The molecule has 28 heavy (non-hydrogen) atoms. The fourth-order valence-electron chi connectivity index (χ4n) is 3.75. The fraction of sp³-hybridized carbons (Fsp3) is 0.591. The highest BCUT2D eigenvalue weighted by atomic mass is 35.5. The lowest BCUT2D eigenvalue weighted by Gasteiger charge is -2.29. The first-order valence-electron chi connectivity index (χ1n) is 10.4. The number of anilines is 1. The van der Waals surface area contributed by atoms with E-state index in [1.165, 1.54) is 5.56 Å². The highest BCUT2D eigenvalue weighted by Crippen LogP contribution is 2.37. The van der Waals surface area contributed by atoms with E-state index in [2.05, 4.69) is 41.4 Å². The van der Waals surface area contributed by atoms with Crippen LogP contribution in [0.2, 0.25) is 0 Å². The van der Waals surface area contributed by atoms with Crippen LogP contribution in [0.1, 0.15) is 56.9 Å². The number of fused-ring (bicyclic) bond motifs is 1. The summed E-state index contributed by atoms with van der Waals surface area (Å²) in [6.07, 6.45) is 8.67.